The zero-order valence-electron chi connectivity index (χ0n) is 45.4. The molecule has 0 spiro atoms. The van der Waals surface area contributed by atoms with Crippen molar-refractivity contribution in [3.63, 3.8) is 0 Å². The maximum absolute atomic E-state index is 14.2. The summed E-state index contributed by atoms with van der Waals surface area (Å²) in [4.78, 5) is 184. The van der Waals surface area contributed by atoms with Crippen LogP contribution >= 0.6 is 69.6 Å². The smallest absolute Gasteiger partial charge is 0.407 e. The minimum Gasteiger partial charge on any atom is -0.459 e. The van der Waals surface area contributed by atoms with E-state index in [9.17, 15) is 67.1 Å². The van der Waals surface area contributed by atoms with Crippen LogP contribution in [0.2, 0.25) is 0 Å². The van der Waals surface area contributed by atoms with Crippen LogP contribution in [0.1, 0.15) is 92.9 Å². The molecule has 0 bridgehead atoms. The van der Waals surface area contributed by atoms with Gasteiger partial charge in [0.05, 0.1) is 0 Å². The Bertz CT molecular complexity index is 2240. The van der Waals surface area contributed by atoms with Crippen molar-refractivity contribution in [2.24, 2.45) is 0 Å². The first-order valence-corrected chi connectivity index (χ1v) is 27.4. The molecule has 0 aliphatic carbocycles. The van der Waals surface area contributed by atoms with E-state index in [-0.39, 0.29) is 51.6 Å². The van der Waals surface area contributed by atoms with Gasteiger partial charge in [0.25, 0.3) is 23.6 Å². The molecule has 0 saturated carbocycles. The molecule has 2 heterocycles. The summed E-state index contributed by atoms with van der Waals surface area (Å²) in [7, 11) is 0. The molecule has 4 atom stereocenters. The number of alkyl halides is 6. The highest BCUT2D eigenvalue weighted by Crippen LogP contribution is 2.27. The molecule has 8 N–H and O–H groups in total. The van der Waals surface area contributed by atoms with Crippen molar-refractivity contribution < 1.29 is 86.1 Å². The van der Waals surface area contributed by atoms with E-state index >= 15 is 0 Å². The molecule has 0 fully saturated rings. The van der Waals surface area contributed by atoms with Gasteiger partial charge in [-0.3, -0.25) is 67.3 Å². The van der Waals surface area contributed by atoms with E-state index in [0.717, 1.165) is 24.3 Å². The van der Waals surface area contributed by atoms with Gasteiger partial charge in [0, 0.05) is 63.3 Å². The second kappa shape index (κ2) is 33.8. The summed E-state index contributed by atoms with van der Waals surface area (Å²) in [6, 6.07) is -7.22. The first kappa shape index (κ1) is 71.9. The number of carbonyl (C=O) groups excluding carboxylic acids is 14. The Labute approximate surface area is 501 Å². The van der Waals surface area contributed by atoms with Crippen molar-refractivity contribution in [3.05, 3.63) is 24.3 Å². The van der Waals surface area contributed by atoms with Crippen LogP contribution < -0.4 is 42.5 Å². The molecule has 28 nitrogen and oxygen atoms in total. The zero-order valence-corrected chi connectivity index (χ0v) is 50.0. The second-order valence-corrected chi connectivity index (χ2v) is 24.8. The summed E-state index contributed by atoms with van der Waals surface area (Å²) in [6.45, 7) is 6.22. The predicted molar refractivity (Wildman–Crippen MR) is 293 cm³/mol. The molecule has 34 heteroatoms. The Kier molecular flexibility index (Phi) is 29.6. The average Bonchev–Trinajstić information content (AvgIpc) is 3.98. The Morgan fingerprint density at radius 3 is 1.06 bits per heavy atom. The standard InChI is InChI=1S/C48H66Cl6N10O18/c1-45(2,3)81-35(71)23-59-39(73)27(11-7-9-19-57-43(77)79-25-47(49,50)51)61-29(65)17-21-55-41(75)37(63-31(67)13-14-32(63)68)38(64-33(69)15-16-34(64)70)42(76)56-22-18-30(66)62-28(40(74)60-24-36(72)82-46(4,5)6)12-8-10-20-58-44(78)80-26-48(52,53)54/h13-16,27-28,37-38H,7-12,17-26H2,1-6H3,(H,55,75)(H,56,76)(H,57,77)(H,58,78)(H,59,73)(H,60,74)(H,61,65)(H,62,66)/t27-,28-,37-,38-/m0/s1. The number of ether oxygens (including phenoxy) is 4. The van der Waals surface area contributed by atoms with Gasteiger partial charge in [0.2, 0.25) is 43.0 Å². The van der Waals surface area contributed by atoms with Gasteiger partial charge in [-0.2, -0.15) is 0 Å². The van der Waals surface area contributed by atoms with Crippen molar-refractivity contribution in [1.82, 2.24) is 52.3 Å². The van der Waals surface area contributed by atoms with E-state index in [1.165, 1.54) is 0 Å². The highest BCUT2D eigenvalue weighted by atomic mass is 35.6. The summed E-state index contributed by atoms with van der Waals surface area (Å²) in [6.07, 6.45) is 0.726. The van der Waals surface area contributed by atoms with E-state index in [4.69, 9.17) is 88.6 Å². The molecule has 12 amide bonds. The fraction of sp³-hybridized carbons (Fsp3) is 0.625. The molecule has 2 rings (SSSR count). The van der Waals surface area contributed by atoms with Gasteiger partial charge in [-0.1, -0.05) is 69.6 Å². The van der Waals surface area contributed by atoms with Crippen molar-refractivity contribution >= 4 is 153 Å². The third-order valence-electron chi connectivity index (χ3n) is 10.5. The van der Waals surface area contributed by atoms with E-state index in [1.54, 1.807) is 41.5 Å². The molecule has 0 aromatic heterocycles. The quantitative estimate of drug-likeness (QED) is 0.0158. The lowest BCUT2D eigenvalue weighted by Crippen LogP contribution is -2.66. The number of imide groups is 2. The molecular formula is C48H66Cl6N10O18. The Hall–Kier alpha value is -6.20. The van der Waals surface area contributed by atoms with Crippen LogP contribution in [0.3, 0.4) is 0 Å². The number of alkyl carbamates (subject to hydrolysis) is 2. The van der Waals surface area contributed by atoms with E-state index in [0.29, 0.717) is 9.80 Å². The summed E-state index contributed by atoms with van der Waals surface area (Å²) in [5.41, 5.74) is -1.78. The molecular weight excluding hydrogens is 1220 g/mol. The molecule has 0 saturated heterocycles. The summed E-state index contributed by atoms with van der Waals surface area (Å²) in [5, 5.41) is 19.2. The second-order valence-electron chi connectivity index (χ2n) is 19.8. The molecule has 2 aliphatic rings. The highest BCUT2D eigenvalue weighted by Gasteiger charge is 2.50. The molecule has 2 aliphatic heterocycles. The number of hydrogen-bond donors (Lipinski definition) is 8. The number of hydrogen-bond acceptors (Lipinski definition) is 18. The zero-order chi connectivity index (χ0) is 62.2. The predicted octanol–water partition coefficient (Wildman–Crippen LogP) is 1.01. The fourth-order valence-electron chi connectivity index (χ4n) is 7.10. The molecule has 458 valence electrons. The van der Waals surface area contributed by atoms with Crippen molar-refractivity contribution in [3.8, 4) is 0 Å². The third-order valence-corrected chi connectivity index (χ3v) is 11.1. The summed E-state index contributed by atoms with van der Waals surface area (Å²) < 4.78 is 16.3. The minimum atomic E-state index is -2.30. The van der Waals surface area contributed by atoms with Crippen LogP contribution in [0.15, 0.2) is 24.3 Å². The number of nitrogens with one attached hydrogen (secondary N) is 8. The van der Waals surface area contributed by atoms with E-state index in [1.807, 2.05) is 0 Å². The maximum atomic E-state index is 14.2. The SMILES string of the molecule is CC(C)(C)OC(=O)CNC(=O)[C@H](CCCCNC(=O)OCC(Cl)(Cl)Cl)NC(=O)CCNC(=O)[C@H]([C@@H](C(=O)NCCC(=O)N[C@@H](CCCCNC(=O)OCC(Cl)(Cl)Cl)C(=O)NCC(=O)OC(C)(C)C)N1C(=O)C=CC1=O)N1C(=O)C=CC1=O. The van der Waals surface area contributed by atoms with Gasteiger partial charge in [0.1, 0.15) is 61.7 Å². The van der Waals surface area contributed by atoms with Gasteiger partial charge in [0.15, 0.2) is 0 Å². The Morgan fingerprint density at radius 1 is 0.451 bits per heavy atom. The average molecular weight is 1280 g/mol. The van der Waals surface area contributed by atoms with Crippen molar-refractivity contribution in [2.75, 3.05) is 52.5 Å². The van der Waals surface area contributed by atoms with Crippen molar-refractivity contribution in [2.45, 2.75) is 136 Å². The normalized spacial score (nSPS) is 14.9. The van der Waals surface area contributed by atoms with Crippen LogP contribution in [0.5, 0.6) is 0 Å². The van der Waals surface area contributed by atoms with Crippen molar-refractivity contribution in [1.29, 1.82) is 0 Å². The molecule has 0 aromatic rings. The lowest BCUT2D eigenvalue weighted by Gasteiger charge is -2.35. The number of halogens is 6. The summed E-state index contributed by atoms with van der Waals surface area (Å²) in [5.74, 6) is -12.2. The van der Waals surface area contributed by atoms with Crippen LogP contribution in [-0.2, 0) is 76.5 Å². The highest BCUT2D eigenvalue weighted by molar-refractivity contribution is 6.68. The van der Waals surface area contributed by atoms with Gasteiger partial charge >= 0.3 is 24.1 Å². The van der Waals surface area contributed by atoms with Crippen LogP contribution in [0.4, 0.5) is 9.59 Å². The van der Waals surface area contributed by atoms with Crippen LogP contribution in [0, 0.1) is 0 Å². The first-order valence-electron chi connectivity index (χ1n) is 25.2. The van der Waals surface area contributed by atoms with Gasteiger partial charge in [-0.25, -0.2) is 9.59 Å². The van der Waals surface area contributed by atoms with E-state index < -0.39 is 178 Å². The maximum Gasteiger partial charge on any atom is 0.407 e. The molecule has 0 radical (unpaired) electrons. The van der Waals surface area contributed by atoms with Gasteiger partial charge < -0.3 is 61.5 Å². The number of unbranched alkanes of at least 4 members (excludes halogenated alkanes) is 2. The van der Waals surface area contributed by atoms with Crippen LogP contribution in [-0.4, -0.2) is 188 Å². The summed E-state index contributed by atoms with van der Waals surface area (Å²) >= 11 is 33.5. The van der Waals surface area contributed by atoms with Gasteiger partial charge in [-0.15, -0.1) is 0 Å². The third kappa shape index (κ3) is 29.2. The lowest BCUT2D eigenvalue weighted by atomic mass is 10.0. The topological polar surface area (TPSA) is 379 Å². The minimum absolute atomic E-state index is 0.0242. The molecule has 0 unspecified atom stereocenters. The van der Waals surface area contributed by atoms with E-state index in [2.05, 4.69) is 42.5 Å². The lowest BCUT2D eigenvalue weighted by molar-refractivity contribution is -0.156. The molecule has 82 heavy (non-hydrogen) atoms. The van der Waals surface area contributed by atoms with Crippen LogP contribution in [0.25, 0.3) is 0 Å². The number of esters is 2. The first-order chi connectivity index (χ1) is 38.0. The van der Waals surface area contributed by atoms with Gasteiger partial charge in [-0.05, 0) is 80.1 Å². The number of nitrogens with zero attached hydrogens (tertiary/aromatic N) is 2. The largest absolute Gasteiger partial charge is 0.459 e. The monoisotopic (exact) mass is 1280 g/mol. The Morgan fingerprint density at radius 2 is 0.768 bits per heavy atom. The molecule has 0 aromatic carbocycles. The number of carbonyl (C=O) groups is 14. The Balaban J connectivity index is 2.27. The number of amides is 12. The number of rotatable bonds is 31. The fourth-order valence-corrected chi connectivity index (χ4v) is 7.43.